The SMILES string of the molecule is O=C(C1CC1)N1CCc2nc(N3CCCCC3)nc(Oc3ccccc3)c2C1. The molecule has 0 N–H and O–H groups in total. The average Bonchev–Trinajstić information content (AvgIpc) is 3.60. The van der Waals surface area contributed by atoms with Crippen molar-refractivity contribution in [1.29, 1.82) is 0 Å². The number of hydrogen-bond donors (Lipinski definition) is 0. The zero-order valence-corrected chi connectivity index (χ0v) is 16.1. The molecule has 0 unspecified atom stereocenters. The minimum absolute atomic E-state index is 0.230. The lowest BCUT2D eigenvalue weighted by Gasteiger charge is -2.32. The summed E-state index contributed by atoms with van der Waals surface area (Å²) in [4.78, 5) is 26.5. The van der Waals surface area contributed by atoms with Gasteiger partial charge in [0.25, 0.3) is 0 Å². The van der Waals surface area contributed by atoms with Crippen LogP contribution in [0.2, 0.25) is 0 Å². The van der Waals surface area contributed by atoms with Gasteiger partial charge < -0.3 is 14.5 Å². The molecule has 1 aromatic carbocycles. The first-order chi connectivity index (χ1) is 13.8. The van der Waals surface area contributed by atoms with Gasteiger partial charge in [0, 0.05) is 32.0 Å². The van der Waals surface area contributed by atoms with Gasteiger partial charge in [-0.25, -0.2) is 4.98 Å². The van der Waals surface area contributed by atoms with Crippen LogP contribution in [0.4, 0.5) is 5.95 Å². The lowest BCUT2D eigenvalue weighted by atomic mass is 10.1. The van der Waals surface area contributed by atoms with Gasteiger partial charge in [0.05, 0.1) is 17.8 Å². The van der Waals surface area contributed by atoms with E-state index < -0.39 is 0 Å². The monoisotopic (exact) mass is 378 g/mol. The van der Waals surface area contributed by atoms with Crippen molar-refractivity contribution in [2.75, 3.05) is 24.5 Å². The lowest BCUT2D eigenvalue weighted by Crippen LogP contribution is -2.38. The van der Waals surface area contributed by atoms with E-state index in [-0.39, 0.29) is 11.8 Å². The van der Waals surface area contributed by atoms with Crippen LogP contribution in [-0.4, -0.2) is 40.4 Å². The maximum atomic E-state index is 12.6. The second-order valence-corrected chi connectivity index (χ2v) is 8.00. The molecule has 0 atom stereocenters. The van der Waals surface area contributed by atoms with Crippen molar-refractivity contribution in [2.45, 2.75) is 45.1 Å². The second kappa shape index (κ2) is 7.41. The van der Waals surface area contributed by atoms with Gasteiger partial charge in [-0.05, 0) is 44.2 Å². The largest absolute Gasteiger partial charge is 0.438 e. The van der Waals surface area contributed by atoms with Crippen LogP contribution in [0.15, 0.2) is 30.3 Å². The van der Waals surface area contributed by atoms with Crippen molar-refractivity contribution in [3.05, 3.63) is 41.6 Å². The van der Waals surface area contributed by atoms with E-state index in [0.717, 1.165) is 61.9 Å². The highest BCUT2D eigenvalue weighted by molar-refractivity contribution is 5.81. The molecular formula is C22H26N4O2. The summed E-state index contributed by atoms with van der Waals surface area (Å²) >= 11 is 0. The van der Waals surface area contributed by atoms with E-state index >= 15 is 0 Å². The van der Waals surface area contributed by atoms with Gasteiger partial charge in [-0.1, -0.05) is 18.2 Å². The Labute approximate surface area is 165 Å². The number of piperidine rings is 1. The summed E-state index contributed by atoms with van der Waals surface area (Å²) in [6.07, 6.45) is 6.45. The number of carbonyl (C=O) groups is 1. The van der Waals surface area contributed by atoms with Crippen LogP contribution in [0.3, 0.4) is 0 Å². The minimum atomic E-state index is 0.230. The maximum absolute atomic E-state index is 12.6. The molecule has 1 amide bonds. The Hall–Kier alpha value is -2.63. The number of anilines is 1. The van der Waals surface area contributed by atoms with E-state index in [2.05, 4.69) is 4.90 Å². The Bertz CT molecular complexity index is 860. The highest BCUT2D eigenvalue weighted by Gasteiger charge is 2.36. The van der Waals surface area contributed by atoms with Gasteiger partial charge in [0.2, 0.25) is 17.7 Å². The smallest absolute Gasteiger partial charge is 0.229 e. The molecule has 0 bridgehead atoms. The fraction of sp³-hybridized carbons (Fsp3) is 0.500. The number of ether oxygens (including phenoxy) is 1. The van der Waals surface area contributed by atoms with Crippen molar-refractivity contribution in [1.82, 2.24) is 14.9 Å². The van der Waals surface area contributed by atoms with E-state index in [4.69, 9.17) is 14.7 Å². The summed E-state index contributed by atoms with van der Waals surface area (Å²) in [6.45, 7) is 3.28. The normalized spacial score (nSPS) is 19.3. The highest BCUT2D eigenvalue weighted by atomic mass is 16.5. The van der Waals surface area contributed by atoms with Crippen LogP contribution < -0.4 is 9.64 Å². The molecule has 3 aliphatic rings. The fourth-order valence-electron chi connectivity index (χ4n) is 4.07. The number of hydrogen-bond acceptors (Lipinski definition) is 5. The molecule has 1 aliphatic carbocycles. The summed E-state index contributed by atoms with van der Waals surface area (Å²) in [6, 6.07) is 9.75. The number of para-hydroxylation sites is 1. The van der Waals surface area contributed by atoms with Crippen LogP contribution in [0.25, 0.3) is 0 Å². The van der Waals surface area contributed by atoms with Crippen molar-refractivity contribution >= 4 is 11.9 Å². The van der Waals surface area contributed by atoms with E-state index in [1.165, 1.54) is 19.3 Å². The average molecular weight is 378 g/mol. The van der Waals surface area contributed by atoms with E-state index in [1.807, 2.05) is 35.2 Å². The topological polar surface area (TPSA) is 58.6 Å². The Morgan fingerprint density at radius 2 is 1.79 bits per heavy atom. The van der Waals surface area contributed by atoms with Gasteiger partial charge in [-0.3, -0.25) is 4.79 Å². The van der Waals surface area contributed by atoms with Gasteiger partial charge in [0.15, 0.2) is 0 Å². The van der Waals surface area contributed by atoms with Crippen molar-refractivity contribution in [3.8, 4) is 11.6 Å². The molecule has 0 radical (unpaired) electrons. The quantitative estimate of drug-likeness (QED) is 0.814. The third-order valence-corrected chi connectivity index (χ3v) is 5.85. The summed E-state index contributed by atoms with van der Waals surface area (Å²) in [5.41, 5.74) is 1.99. The Morgan fingerprint density at radius 1 is 1.00 bits per heavy atom. The summed E-state index contributed by atoms with van der Waals surface area (Å²) in [5, 5.41) is 0. The molecule has 6 nitrogen and oxygen atoms in total. The van der Waals surface area contributed by atoms with Crippen LogP contribution in [-0.2, 0) is 17.8 Å². The highest BCUT2D eigenvalue weighted by Crippen LogP contribution is 2.35. The Balaban J connectivity index is 1.48. The molecule has 1 saturated carbocycles. The summed E-state index contributed by atoms with van der Waals surface area (Å²) in [7, 11) is 0. The molecule has 1 saturated heterocycles. The van der Waals surface area contributed by atoms with E-state index in [0.29, 0.717) is 12.4 Å². The molecule has 2 aliphatic heterocycles. The fourth-order valence-corrected chi connectivity index (χ4v) is 4.07. The molecule has 28 heavy (non-hydrogen) atoms. The Kier molecular flexibility index (Phi) is 4.63. The van der Waals surface area contributed by atoms with Crippen LogP contribution >= 0.6 is 0 Å². The van der Waals surface area contributed by atoms with Crippen LogP contribution in [0.5, 0.6) is 11.6 Å². The first-order valence-corrected chi connectivity index (χ1v) is 10.4. The van der Waals surface area contributed by atoms with E-state index in [1.54, 1.807) is 0 Å². The molecule has 3 heterocycles. The first-order valence-electron chi connectivity index (χ1n) is 10.4. The molecule has 0 spiro atoms. The number of amides is 1. The Morgan fingerprint density at radius 3 is 2.54 bits per heavy atom. The van der Waals surface area contributed by atoms with Crippen molar-refractivity contribution < 1.29 is 9.53 Å². The first kappa shape index (κ1) is 17.5. The number of carbonyl (C=O) groups excluding carboxylic acids is 1. The zero-order chi connectivity index (χ0) is 18.9. The molecule has 2 aromatic rings. The lowest BCUT2D eigenvalue weighted by molar-refractivity contribution is -0.133. The maximum Gasteiger partial charge on any atom is 0.229 e. The van der Waals surface area contributed by atoms with Gasteiger partial charge in [-0.2, -0.15) is 4.98 Å². The van der Waals surface area contributed by atoms with Crippen LogP contribution in [0.1, 0.15) is 43.4 Å². The van der Waals surface area contributed by atoms with Gasteiger partial charge in [0.1, 0.15) is 5.75 Å². The predicted molar refractivity (Wildman–Crippen MR) is 106 cm³/mol. The number of rotatable bonds is 4. The van der Waals surface area contributed by atoms with E-state index in [9.17, 15) is 4.79 Å². The minimum Gasteiger partial charge on any atom is -0.438 e. The number of fused-ring (bicyclic) bond motifs is 1. The molecule has 146 valence electrons. The standard InChI is InChI=1S/C22H26N4O2/c27-21(16-9-10-16)26-14-11-19-18(15-26)20(28-17-7-3-1-4-8-17)24-22(23-19)25-12-5-2-6-13-25/h1,3-4,7-8,16H,2,5-6,9-15H2. The number of aromatic nitrogens is 2. The molecule has 2 fully saturated rings. The number of nitrogens with zero attached hydrogens (tertiary/aromatic N) is 4. The molecule has 1 aromatic heterocycles. The second-order valence-electron chi connectivity index (χ2n) is 8.00. The predicted octanol–water partition coefficient (Wildman–Crippen LogP) is 3.55. The number of benzene rings is 1. The van der Waals surface area contributed by atoms with Gasteiger partial charge >= 0.3 is 0 Å². The van der Waals surface area contributed by atoms with Crippen molar-refractivity contribution in [3.63, 3.8) is 0 Å². The third-order valence-electron chi connectivity index (χ3n) is 5.85. The molecular weight excluding hydrogens is 352 g/mol. The van der Waals surface area contributed by atoms with Crippen LogP contribution in [0, 0.1) is 5.92 Å². The zero-order valence-electron chi connectivity index (χ0n) is 16.1. The third kappa shape index (κ3) is 3.55. The van der Waals surface area contributed by atoms with Crippen molar-refractivity contribution in [2.24, 2.45) is 5.92 Å². The molecule has 6 heteroatoms. The van der Waals surface area contributed by atoms with Gasteiger partial charge in [-0.15, -0.1) is 0 Å². The molecule has 5 rings (SSSR count). The summed E-state index contributed by atoms with van der Waals surface area (Å²) in [5.74, 6) is 2.64. The summed E-state index contributed by atoms with van der Waals surface area (Å²) < 4.78 is 6.20.